The van der Waals surface area contributed by atoms with Gasteiger partial charge in [0.05, 0.1) is 0 Å². The van der Waals surface area contributed by atoms with E-state index in [-0.39, 0.29) is 12.1 Å². The molecule has 0 spiro atoms. The quantitative estimate of drug-likeness (QED) is 0.762. The third kappa shape index (κ3) is 3.99. The number of carbonyl (C=O) groups is 1. The van der Waals surface area contributed by atoms with Crippen molar-refractivity contribution in [3.63, 3.8) is 0 Å². The van der Waals surface area contributed by atoms with Gasteiger partial charge in [0.25, 0.3) is 0 Å². The smallest absolute Gasteiger partial charge is 0.410 e. The normalized spacial score (nSPS) is 23.0. The van der Waals surface area contributed by atoms with E-state index in [1.165, 1.54) is 11.1 Å². The number of benzene rings is 1. The molecule has 1 amide bonds. The molecule has 0 bridgehead atoms. The van der Waals surface area contributed by atoms with E-state index in [1.807, 2.05) is 25.7 Å². The Kier molecular flexibility index (Phi) is 4.60. The van der Waals surface area contributed by atoms with Crippen LogP contribution in [-0.2, 0) is 4.74 Å². The molecule has 3 nitrogen and oxygen atoms in total. The van der Waals surface area contributed by atoms with E-state index in [0.717, 1.165) is 19.4 Å². The van der Waals surface area contributed by atoms with Gasteiger partial charge in [0.15, 0.2) is 0 Å². The molecule has 1 aromatic rings. The zero-order valence-electron chi connectivity index (χ0n) is 13.8. The number of amides is 1. The summed E-state index contributed by atoms with van der Waals surface area (Å²) in [5.41, 5.74) is 2.34. The maximum Gasteiger partial charge on any atom is 0.410 e. The number of piperidine rings is 1. The summed E-state index contributed by atoms with van der Waals surface area (Å²) in [5.74, 6) is 0.542. The van der Waals surface area contributed by atoms with Crippen molar-refractivity contribution in [2.24, 2.45) is 0 Å². The summed E-state index contributed by atoms with van der Waals surface area (Å²) in [6.07, 6.45) is 1.83. The van der Waals surface area contributed by atoms with Gasteiger partial charge in [-0.05, 0) is 64.5 Å². The van der Waals surface area contributed by atoms with Gasteiger partial charge in [-0.15, -0.1) is 0 Å². The van der Waals surface area contributed by atoms with Crippen molar-refractivity contribution in [3.05, 3.63) is 35.4 Å². The van der Waals surface area contributed by atoms with Crippen LogP contribution in [0.1, 0.15) is 57.6 Å². The Morgan fingerprint density at radius 3 is 2.52 bits per heavy atom. The van der Waals surface area contributed by atoms with E-state index < -0.39 is 5.60 Å². The second kappa shape index (κ2) is 6.08. The lowest BCUT2D eigenvalue weighted by Gasteiger charge is -2.38. The molecule has 1 aliphatic rings. The van der Waals surface area contributed by atoms with E-state index in [0.29, 0.717) is 5.92 Å². The molecule has 0 radical (unpaired) electrons. The summed E-state index contributed by atoms with van der Waals surface area (Å²) in [7, 11) is 0. The van der Waals surface area contributed by atoms with Gasteiger partial charge in [0, 0.05) is 12.6 Å². The number of hydrogen-bond acceptors (Lipinski definition) is 2. The van der Waals surface area contributed by atoms with Crippen LogP contribution in [0.5, 0.6) is 0 Å². The summed E-state index contributed by atoms with van der Waals surface area (Å²) in [6.45, 7) is 10.8. The largest absolute Gasteiger partial charge is 0.444 e. The van der Waals surface area contributed by atoms with Crippen molar-refractivity contribution in [3.8, 4) is 0 Å². The molecule has 0 saturated carbocycles. The topological polar surface area (TPSA) is 29.5 Å². The standard InChI is InChI=1S/C18H27NO2/c1-13-8-6-7-9-16(13)15-10-11-19(14(2)12-15)17(20)21-18(3,4)5/h6-9,14-15H,10-12H2,1-5H3/t14-,15+/m0/s1. The fourth-order valence-electron chi connectivity index (χ4n) is 3.09. The average molecular weight is 289 g/mol. The molecule has 2 rings (SSSR count). The van der Waals surface area contributed by atoms with Crippen molar-refractivity contribution in [2.45, 2.75) is 65.0 Å². The number of carbonyl (C=O) groups excluding carboxylic acids is 1. The van der Waals surface area contributed by atoms with Gasteiger partial charge in [-0.1, -0.05) is 24.3 Å². The second-order valence-electron chi connectivity index (χ2n) is 7.10. The first kappa shape index (κ1) is 15.9. The predicted octanol–water partition coefficient (Wildman–Crippen LogP) is 4.50. The van der Waals surface area contributed by atoms with Crippen LogP contribution in [0.2, 0.25) is 0 Å². The zero-order valence-corrected chi connectivity index (χ0v) is 13.8. The molecule has 3 heteroatoms. The first-order chi connectivity index (χ1) is 9.78. The lowest BCUT2D eigenvalue weighted by molar-refractivity contribution is 0.0103. The lowest BCUT2D eigenvalue weighted by atomic mass is 9.84. The minimum Gasteiger partial charge on any atom is -0.444 e. The Balaban J connectivity index is 2.03. The molecule has 1 fully saturated rings. The Labute approximate surface area is 128 Å². The molecule has 2 atom stereocenters. The van der Waals surface area contributed by atoms with Crippen molar-refractivity contribution >= 4 is 6.09 Å². The van der Waals surface area contributed by atoms with Gasteiger partial charge >= 0.3 is 6.09 Å². The molecule has 1 aromatic carbocycles. The molecular weight excluding hydrogens is 262 g/mol. The van der Waals surface area contributed by atoms with Gasteiger partial charge in [0.2, 0.25) is 0 Å². The van der Waals surface area contributed by atoms with E-state index in [9.17, 15) is 4.79 Å². The fraction of sp³-hybridized carbons (Fsp3) is 0.611. The Morgan fingerprint density at radius 2 is 1.95 bits per heavy atom. The number of nitrogens with zero attached hydrogens (tertiary/aromatic N) is 1. The Morgan fingerprint density at radius 1 is 1.29 bits per heavy atom. The number of rotatable bonds is 1. The monoisotopic (exact) mass is 289 g/mol. The molecule has 1 aliphatic heterocycles. The summed E-state index contributed by atoms with van der Waals surface area (Å²) in [4.78, 5) is 14.1. The van der Waals surface area contributed by atoms with Gasteiger partial charge in [-0.2, -0.15) is 0 Å². The fourth-order valence-corrected chi connectivity index (χ4v) is 3.09. The predicted molar refractivity (Wildman–Crippen MR) is 85.6 cm³/mol. The molecule has 1 heterocycles. The van der Waals surface area contributed by atoms with Gasteiger partial charge < -0.3 is 9.64 Å². The van der Waals surface area contributed by atoms with Gasteiger partial charge in [-0.25, -0.2) is 4.79 Å². The van der Waals surface area contributed by atoms with Crippen molar-refractivity contribution in [1.29, 1.82) is 0 Å². The molecule has 0 aromatic heterocycles. The number of hydrogen-bond donors (Lipinski definition) is 0. The molecule has 0 N–H and O–H groups in total. The molecule has 1 saturated heterocycles. The Bertz CT molecular complexity index is 504. The number of likely N-dealkylation sites (tertiary alicyclic amines) is 1. The number of aryl methyl sites for hydroxylation is 1. The SMILES string of the molecule is Cc1ccccc1[C@@H]1CCN(C(=O)OC(C)(C)C)[C@@H](C)C1. The number of ether oxygens (including phenoxy) is 1. The Hall–Kier alpha value is -1.51. The van der Waals surface area contributed by atoms with Gasteiger partial charge in [-0.3, -0.25) is 0 Å². The molecular formula is C18H27NO2. The molecule has 116 valence electrons. The first-order valence-electron chi connectivity index (χ1n) is 7.83. The van der Waals surface area contributed by atoms with Gasteiger partial charge in [0.1, 0.15) is 5.60 Å². The van der Waals surface area contributed by atoms with Crippen LogP contribution in [0.3, 0.4) is 0 Å². The van der Waals surface area contributed by atoms with Crippen molar-refractivity contribution in [2.75, 3.05) is 6.54 Å². The summed E-state index contributed by atoms with van der Waals surface area (Å²) in [6, 6.07) is 8.79. The minimum atomic E-state index is -0.427. The highest BCUT2D eigenvalue weighted by molar-refractivity contribution is 5.68. The van der Waals surface area contributed by atoms with Crippen LogP contribution in [0.15, 0.2) is 24.3 Å². The van der Waals surface area contributed by atoms with E-state index in [4.69, 9.17) is 4.74 Å². The molecule has 0 unspecified atom stereocenters. The van der Waals surface area contributed by atoms with E-state index in [2.05, 4.69) is 38.1 Å². The van der Waals surface area contributed by atoms with E-state index >= 15 is 0 Å². The first-order valence-corrected chi connectivity index (χ1v) is 7.83. The third-order valence-corrected chi connectivity index (χ3v) is 4.13. The molecule has 21 heavy (non-hydrogen) atoms. The van der Waals surface area contributed by atoms with Crippen molar-refractivity contribution in [1.82, 2.24) is 4.90 Å². The zero-order chi connectivity index (χ0) is 15.6. The van der Waals surface area contributed by atoms with Crippen LogP contribution in [0.4, 0.5) is 4.79 Å². The summed E-state index contributed by atoms with van der Waals surface area (Å²) in [5, 5.41) is 0. The van der Waals surface area contributed by atoms with Crippen LogP contribution >= 0.6 is 0 Å². The maximum atomic E-state index is 12.2. The average Bonchev–Trinajstić information content (AvgIpc) is 2.37. The van der Waals surface area contributed by atoms with Crippen LogP contribution in [-0.4, -0.2) is 29.2 Å². The second-order valence-corrected chi connectivity index (χ2v) is 7.10. The minimum absolute atomic E-state index is 0.182. The van der Waals surface area contributed by atoms with Crippen LogP contribution in [0, 0.1) is 6.92 Å². The molecule has 0 aliphatic carbocycles. The highest BCUT2D eigenvalue weighted by atomic mass is 16.6. The van der Waals surface area contributed by atoms with Crippen LogP contribution in [0.25, 0.3) is 0 Å². The van der Waals surface area contributed by atoms with E-state index in [1.54, 1.807) is 0 Å². The highest BCUT2D eigenvalue weighted by Crippen LogP contribution is 2.33. The van der Waals surface area contributed by atoms with Crippen LogP contribution < -0.4 is 0 Å². The highest BCUT2D eigenvalue weighted by Gasteiger charge is 2.32. The third-order valence-electron chi connectivity index (χ3n) is 4.13. The lowest BCUT2D eigenvalue weighted by Crippen LogP contribution is -2.46. The van der Waals surface area contributed by atoms with Crippen molar-refractivity contribution < 1.29 is 9.53 Å². The summed E-state index contributed by atoms with van der Waals surface area (Å²) >= 11 is 0. The summed E-state index contributed by atoms with van der Waals surface area (Å²) < 4.78 is 5.50. The maximum absolute atomic E-state index is 12.2.